The molecule has 2 aromatic rings. The van der Waals surface area contributed by atoms with Gasteiger partial charge >= 0.3 is 0 Å². The third-order valence-corrected chi connectivity index (χ3v) is 4.20. The fraction of sp³-hybridized carbons (Fsp3) is 0.533. The van der Waals surface area contributed by atoms with E-state index in [1.54, 1.807) is 17.2 Å². The molecule has 0 unspecified atom stereocenters. The Hall–Kier alpha value is -1.95. The summed E-state index contributed by atoms with van der Waals surface area (Å²) in [7, 11) is 2.15. The Morgan fingerprint density at radius 2 is 1.86 bits per heavy atom. The van der Waals surface area contributed by atoms with Crippen molar-refractivity contribution in [2.24, 2.45) is 0 Å². The minimum atomic E-state index is 0.582. The lowest BCUT2D eigenvalue weighted by molar-refractivity contribution is 0.198. The second-order valence-electron chi connectivity index (χ2n) is 5.50. The Balaban J connectivity index is 1.46. The summed E-state index contributed by atoms with van der Waals surface area (Å²) in [6, 6.07) is 6.67. The lowest BCUT2D eigenvalue weighted by atomic mass is 10.0. The lowest BCUT2D eigenvalue weighted by Gasteiger charge is -2.37. The second kappa shape index (κ2) is 6.67. The van der Waals surface area contributed by atoms with Crippen LogP contribution < -0.4 is 4.90 Å². The van der Waals surface area contributed by atoms with Gasteiger partial charge in [-0.05, 0) is 25.0 Å². The number of rotatable bonds is 5. The molecule has 6 nitrogen and oxygen atoms in total. The van der Waals surface area contributed by atoms with Gasteiger partial charge in [0.2, 0.25) is 0 Å². The summed E-state index contributed by atoms with van der Waals surface area (Å²) in [4.78, 5) is 11.0. The first-order valence-corrected chi connectivity index (χ1v) is 7.53. The highest BCUT2D eigenvalue weighted by molar-refractivity contribution is 5.37. The van der Waals surface area contributed by atoms with E-state index in [9.17, 15) is 0 Å². The first kappa shape index (κ1) is 14.0. The fourth-order valence-electron chi connectivity index (χ4n) is 2.87. The quantitative estimate of drug-likeness (QED) is 0.828. The average Bonchev–Trinajstić information content (AvgIpc) is 3.07. The summed E-state index contributed by atoms with van der Waals surface area (Å²) in [5.74, 6) is 1.07. The Labute approximate surface area is 125 Å². The van der Waals surface area contributed by atoms with Crippen molar-refractivity contribution in [3.05, 3.63) is 36.8 Å². The molecule has 1 aliphatic rings. The molecular weight excluding hydrogens is 264 g/mol. The van der Waals surface area contributed by atoms with Crippen LogP contribution in [0.4, 0.5) is 5.82 Å². The lowest BCUT2D eigenvalue weighted by Crippen LogP contribution is -2.44. The number of nitrogens with zero attached hydrogens (tertiary/aromatic N) is 6. The highest BCUT2D eigenvalue weighted by Crippen LogP contribution is 2.19. The molecule has 2 aromatic heterocycles. The van der Waals surface area contributed by atoms with E-state index in [0.29, 0.717) is 6.04 Å². The van der Waals surface area contributed by atoms with Crippen LogP contribution in [0.25, 0.3) is 0 Å². The first-order chi connectivity index (χ1) is 10.3. The summed E-state index contributed by atoms with van der Waals surface area (Å²) in [5.41, 5.74) is 0. The molecule has 3 heterocycles. The van der Waals surface area contributed by atoms with E-state index in [0.717, 1.165) is 32.0 Å². The molecule has 112 valence electrons. The van der Waals surface area contributed by atoms with Crippen molar-refractivity contribution in [3.63, 3.8) is 0 Å². The van der Waals surface area contributed by atoms with Gasteiger partial charge in [0.1, 0.15) is 5.82 Å². The number of anilines is 1. The molecule has 3 rings (SSSR count). The second-order valence-corrected chi connectivity index (χ2v) is 5.50. The van der Waals surface area contributed by atoms with Crippen LogP contribution in [0.5, 0.6) is 0 Å². The zero-order valence-electron chi connectivity index (χ0n) is 12.5. The van der Waals surface area contributed by atoms with Crippen molar-refractivity contribution in [2.45, 2.75) is 25.4 Å². The SMILES string of the molecule is CN(c1ccccn1)C1CCN(CCn2nccn2)CC1. The van der Waals surface area contributed by atoms with Crippen LogP contribution in [-0.4, -0.2) is 57.6 Å². The summed E-state index contributed by atoms with van der Waals surface area (Å²) in [6.07, 6.45) is 7.68. The van der Waals surface area contributed by atoms with E-state index in [1.807, 2.05) is 18.3 Å². The summed E-state index contributed by atoms with van der Waals surface area (Å²) < 4.78 is 0. The molecule has 0 radical (unpaired) electrons. The monoisotopic (exact) mass is 286 g/mol. The van der Waals surface area contributed by atoms with Gasteiger partial charge in [-0.3, -0.25) is 0 Å². The van der Waals surface area contributed by atoms with Gasteiger partial charge in [-0.15, -0.1) is 0 Å². The van der Waals surface area contributed by atoms with E-state index in [-0.39, 0.29) is 0 Å². The molecule has 1 saturated heterocycles. The van der Waals surface area contributed by atoms with Gasteiger partial charge in [0.15, 0.2) is 0 Å². The maximum Gasteiger partial charge on any atom is 0.128 e. The van der Waals surface area contributed by atoms with E-state index < -0.39 is 0 Å². The zero-order valence-corrected chi connectivity index (χ0v) is 12.5. The standard InChI is InChI=1S/C15H22N6/c1-19(15-4-2-3-7-16-15)14-5-10-20(11-6-14)12-13-21-17-8-9-18-21/h2-4,7-9,14H,5-6,10-13H2,1H3. The smallest absolute Gasteiger partial charge is 0.128 e. The number of aromatic nitrogens is 4. The third-order valence-electron chi connectivity index (χ3n) is 4.20. The largest absolute Gasteiger partial charge is 0.357 e. The highest BCUT2D eigenvalue weighted by atomic mass is 15.5. The molecule has 6 heteroatoms. The van der Waals surface area contributed by atoms with E-state index >= 15 is 0 Å². The third kappa shape index (κ3) is 3.58. The summed E-state index contributed by atoms with van der Waals surface area (Å²) >= 11 is 0. The van der Waals surface area contributed by atoms with E-state index in [1.165, 1.54) is 12.8 Å². The number of hydrogen-bond acceptors (Lipinski definition) is 5. The molecule has 0 aliphatic carbocycles. The van der Waals surface area contributed by atoms with Crippen LogP contribution in [0.2, 0.25) is 0 Å². The summed E-state index contributed by atoms with van der Waals surface area (Å²) in [6.45, 7) is 4.15. The van der Waals surface area contributed by atoms with Crippen LogP contribution in [0.3, 0.4) is 0 Å². The number of likely N-dealkylation sites (tertiary alicyclic amines) is 1. The Morgan fingerprint density at radius 3 is 2.52 bits per heavy atom. The van der Waals surface area contributed by atoms with Crippen molar-refractivity contribution in [3.8, 4) is 0 Å². The van der Waals surface area contributed by atoms with Crippen molar-refractivity contribution in [1.82, 2.24) is 24.9 Å². The Kier molecular flexibility index (Phi) is 4.45. The van der Waals surface area contributed by atoms with E-state index in [4.69, 9.17) is 0 Å². The molecule has 1 fully saturated rings. The molecule has 0 amide bonds. The summed E-state index contributed by atoms with van der Waals surface area (Å²) in [5, 5.41) is 8.29. The van der Waals surface area contributed by atoms with Gasteiger partial charge in [-0.25, -0.2) is 4.98 Å². The number of piperidine rings is 1. The van der Waals surface area contributed by atoms with Gasteiger partial charge in [0.05, 0.1) is 18.9 Å². The molecule has 0 saturated carbocycles. The highest BCUT2D eigenvalue weighted by Gasteiger charge is 2.22. The van der Waals surface area contributed by atoms with Crippen molar-refractivity contribution < 1.29 is 0 Å². The average molecular weight is 286 g/mol. The molecule has 21 heavy (non-hydrogen) atoms. The molecule has 0 atom stereocenters. The number of hydrogen-bond donors (Lipinski definition) is 0. The molecule has 1 aliphatic heterocycles. The van der Waals surface area contributed by atoms with Crippen molar-refractivity contribution >= 4 is 5.82 Å². The van der Waals surface area contributed by atoms with Gasteiger partial charge in [-0.1, -0.05) is 6.07 Å². The molecule has 0 bridgehead atoms. The minimum absolute atomic E-state index is 0.582. The number of pyridine rings is 1. The van der Waals surface area contributed by atoms with Gasteiger partial charge < -0.3 is 9.80 Å². The van der Waals surface area contributed by atoms with Gasteiger partial charge in [0, 0.05) is 38.9 Å². The van der Waals surface area contributed by atoms with Crippen LogP contribution >= 0.6 is 0 Å². The Morgan fingerprint density at radius 1 is 1.10 bits per heavy atom. The van der Waals surface area contributed by atoms with Crippen LogP contribution in [-0.2, 0) is 6.54 Å². The van der Waals surface area contributed by atoms with Crippen LogP contribution in [0.1, 0.15) is 12.8 Å². The van der Waals surface area contributed by atoms with E-state index in [2.05, 4.69) is 38.1 Å². The Bertz CT molecular complexity index is 518. The van der Waals surface area contributed by atoms with Gasteiger partial charge in [0.25, 0.3) is 0 Å². The molecule has 0 N–H and O–H groups in total. The molecular formula is C15H22N6. The molecule has 0 spiro atoms. The normalized spacial score (nSPS) is 17.0. The van der Waals surface area contributed by atoms with Crippen molar-refractivity contribution in [1.29, 1.82) is 0 Å². The minimum Gasteiger partial charge on any atom is -0.357 e. The van der Waals surface area contributed by atoms with Crippen LogP contribution in [0, 0.1) is 0 Å². The van der Waals surface area contributed by atoms with Crippen LogP contribution in [0.15, 0.2) is 36.8 Å². The topological polar surface area (TPSA) is 50.1 Å². The maximum atomic E-state index is 4.44. The predicted molar refractivity (Wildman–Crippen MR) is 82.1 cm³/mol. The van der Waals surface area contributed by atoms with Gasteiger partial charge in [-0.2, -0.15) is 15.0 Å². The molecule has 0 aromatic carbocycles. The van der Waals surface area contributed by atoms with Crippen molar-refractivity contribution in [2.75, 3.05) is 31.6 Å². The predicted octanol–water partition coefficient (Wildman–Crippen LogP) is 1.27. The maximum absolute atomic E-state index is 4.44. The zero-order chi connectivity index (χ0) is 14.5. The fourth-order valence-corrected chi connectivity index (χ4v) is 2.87. The first-order valence-electron chi connectivity index (χ1n) is 7.53.